The van der Waals surface area contributed by atoms with Gasteiger partial charge in [-0.05, 0) is 25.3 Å². The van der Waals surface area contributed by atoms with Crippen molar-refractivity contribution in [2.24, 2.45) is 0 Å². The molecule has 2 aliphatic heterocycles. The Hall–Kier alpha value is -0.580. The Labute approximate surface area is 78.1 Å². The topological polar surface area (TPSA) is 44.7 Å². The maximum Gasteiger partial charge on any atom is 0.128 e. The number of aliphatic hydroxyl groups excluding tert-OH is 1. The SMILES string of the molecule is OCC1C=CNN1C1CCCCO1. The summed E-state index contributed by atoms with van der Waals surface area (Å²) >= 11 is 0. The summed E-state index contributed by atoms with van der Waals surface area (Å²) in [5.74, 6) is 0. The molecule has 0 spiro atoms. The van der Waals surface area contributed by atoms with E-state index in [-0.39, 0.29) is 18.9 Å². The molecule has 2 atom stereocenters. The second-order valence-electron chi connectivity index (χ2n) is 3.47. The van der Waals surface area contributed by atoms with Crippen LogP contribution >= 0.6 is 0 Å². The van der Waals surface area contributed by atoms with E-state index in [1.807, 2.05) is 17.3 Å². The highest BCUT2D eigenvalue weighted by atomic mass is 16.5. The van der Waals surface area contributed by atoms with Gasteiger partial charge < -0.3 is 15.3 Å². The second-order valence-corrected chi connectivity index (χ2v) is 3.47. The molecule has 0 amide bonds. The van der Waals surface area contributed by atoms with Gasteiger partial charge in [0.1, 0.15) is 6.23 Å². The molecule has 4 heteroatoms. The molecule has 0 saturated carbocycles. The lowest BCUT2D eigenvalue weighted by atomic mass is 10.1. The monoisotopic (exact) mass is 184 g/mol. The molecule has 13 heavy (non-hydrogen) atoms. The molecule has 1 saturated heterocycles. The molecule has 0 aromatic heterocycles. The molecule has 2 heterocycles. The van der Waals surface area contributed by atoms with E-state index in [4.69, 9.17) is 9.84 Å². The minimum atomic E-state index is 0.0723. The molecule has 0 bridgehead atoms. The summed E-state index contributed by atoms with van der Waals surface area (Å²) in [5.41, 5.74) is 3.10. The average molecular weight is 184 g/mol. The average Bonchev–Trinajstić information content (AvgIpc) is 2.67. The van der Waals surface area contributed by atoms with Crippen molar-refractivity contribution in [3.8, 4) is 0 Å². The van der Waals surface area contributed by atoms with Crippen molar-refractivity contribution >= 4 is 0 Å². The van der Waals surface area contributed by atoms with E-state index < -0.39 is 0 Å². The lowest BCUT2D eigenvalue weighted by Crippen LogP contribution is -2.49. The van der Waals surface area contributed by atoms with Crippen molar-refractivity contribution in [3.63, 3.8) is 0 Å². The van der Waals surface area contributed by atoms with Crippen molar-refractivity contribution in [2.45, 2.75) is 31.5 Å². The van der Waals surface area contributed by atoms with Gasteiger partial charge in [-0.3, -0.25) is 0 Å². The van der Waals surface area contributed by atoms with Crippen LogP contribution in [0.2, 0.25) is 0 Å². The Morgan fingerprint density at radius 2 is 2.46 bits per heavy atom. The van der Waals surface area contributed by atoms with Gasteiger partial charge >= 0.3 is 0 Å². The molecule has 4 nitrogen and oxygen atoms in total. The van der Waals surface area contributed by atoms with Crippen molar-refractivity contribution in [1.82, 2.24) is 10.4 Å². The molecular formula is C9H16N2O2. The number of hydrogen-bond acceptors (Lipinski definition) is 4. The van der Waals surface area contributed by atoms with Crippen molar-refractivity contribution < 1.29 is 9.84 Å². The third-order valence-electron chi connectivity index (χ3n) is 2.55. The summed E-state index contributed by atoms with van der Waals surface area (Å²) in [6.07, 6.45) is 7.35. The molecule has 2 N–H and O–H groups in total. The highest BCUT2D eigenvalue weighted by Gasteiger charge is 2.28. The quantitative estimate of drug-likeness (QED) is 0.644. The van der Waals surface area contributed by atoms with Gasteiger partial charge in [0.05, 0.1) is 12.6 Å². The second kappa shape index (κ2) is 4.09. The highest BCUT2D eigenvalue weighted by molar-refractivity contribution is 4.99. The first-order valence-corrected chi connectivity index (χ1v) is 4.85. The van der Waals surface area contributed by atoms with E-state index in [1.54, 1.807) is 0 Å². The van der Waals surface area contributed by atoms with Crippen molar-refractivity contribution in [3.05, 3.63) is 12.3 Å². The normalized spacial score (nSPS) is 34.8. The first kappa shape index (κ1) is 8.99. The zero-order valence-corrected chi connectivity index (χ0v) is 7.65. The van der Waals surface area contributed by atoms with Crippen LogP contribution < -0.4 is 5.43 Å². The van der Waals surface area contributed by atoms with Crippen LogP contribution in [0.25, 0.3) is 0 Å². The first-order valence-electron chi connectivity index (χ1n) is 4.85. The minimum absolute atomic E-state index is 0.0723. The maximum absolute atomic E-state index is 9.08. The van der Waals surface area contributed by atoms with Gasteiger partial charge in [-0.2, -0.15) is 5.01 Å². The fraction of sp³-hybridized carbons (Fsp3) is 0.778. The van der Waals surface area contributed by atoms with Crippen LogP contribution in [0.4, 0.5) is 0 Å². The van der Waals surface area contributed by atoms with E-state index in [1.165, 1.54) is 6.42 Å². The molecule has 2 rings (SSSR count). The van der Waals surface area contributed by atoms with E-state index >= 15 is 0 Å². The third kappa shape index (κ3) is 1.85. The summed E-state index contributed by atoms with van der Waals surface area (Å²) in [5, 5.41) is 11.1. The molecule has 2 unspecified atom stereocenters. The van der Waals surface area contributed by atoms with Gasteiger partial charge in [0.2, 0.25) is 0 Å². The Balaban J connectivity index is 1.91. The number of rotatable bonds is 2. The molecular weight excluding hydrogens is 168 g/mol. The molecule has 0 aliphatic carbocycles. The molecule has 2 aliphatic rings. The van der Waals surface area contributed by atoms with Crippen LogP contribution in [0.3, 0.4) is 0 Å². The lowest BCUT2D eigenvalue weighted by molar-refractivity contribution is -0.113. The third-order valence-corrected chi connectivity index (χ3v) is 2.55. The van der Waals surface area contributed by atoms with Crippen molar-refractivity contribution in [1.29, 1.82) is 0 Å². The Kier molecular flexibility index (Phi) is 2.83. The van der Waals surface area contributed by atoms with Gasteiger partial charge in [0.15, 0.2) is 0 Å². The molecule has 74 valence electrons. The van der Waals surface area contributed by atoms with Crippen LogP contribution in [0.5, 0.6) is 0 Å². The Morgan fingerprint density at radius 1 is 1.54 bits per heavy atom. The smallest absolute Gasteiger partial charge is 0.128 e. The molecule has 0 aromatic carbocycles. The van der Waals surface area contributed by atoms with E-state index in [9.17, 15) is 0 Å². The summed E-state index contributed by atoms with van der Waals surface area (Å²) in [6, 6.07) is 0.0723. The summed E-state index contributed by atoms with van der Waals surface area (Å²) in [6.45, 7) is 0.977. The van der Waals surface area contributed by atoms with Crippen LogP contribution in [-0.2, 0) is 4.74 Å². The van der Waals surface area contributed by atoms with Gasteiger partial charge in [-0.1, -0.05) is 0 Å². The summed E-state index contributed by atoms with van der Waals surface area (Å²) in [7, 11) is 0. The number of aliphatic hydroxyl groups is 1. The van der Waals surface area contributed by atoms with Crippen LogP contribution in [0, 0.1) is 0 Å². The standard InChI is InChI=1S/C9H16N2O2/c12-7-8-4-5-10-11(8)9-3-1-2-6-13-9/h4-5,8-10,12H,1-3,6-7H2. The van der Waals surface area contributed by atoms with Gasteiger partial charge in [0, 0.05) is 12.8 Å². The highest BCUT2D eigenvalue weighted by Crippen LogP contribution is 2.19. The van der Waals surface area contributed by atoms with E-state index in [0.29, 0.717) is 0 Å². The molecule has 1 fully saturated rings. The van der Waals surface area contributed by atoms with Gasteiger partial charge in [-0.15, -0.1) is 0 Å². The number of nitrogens with zero attached hydrogens (tertiary/aromatic N) is 1. The fourth-order valence-electron chi connectivity index (χ4n) is 1.82. The lowest BCUT2D eigenvalue weighted by Gasteiger charge is -2.34. The Morgan fingerprint density at radius 3 is 3.15 bits per heavy atom. The van der Waals surface area contributed by atoms with Gasteiger partial charge in [-0.25, -0.2) is 0 Å². The summed E-state index contributed by atoms with van der Waals surface area (Å²) in [4.78, 5) is 0. The van der Waals surface area contributed by atoms with Crippen LogP contribution in [0.15, 0.2) is 12.3 Å². The van der Waals surface area contributed by atoms with Crippen LogP contribution in [0.1, 0.15) is 19.3 Å². The Bertz CT molecular complexity index is 190. The van der Waals surface area contributed by atoms with Crippen LogP contribution in [-0.4, -0.2) is 35.6 Å². The number of ether oxygens (including phenoxy) is 1. The summed E-state index contributed by atoms with van der Waals surface area (Å²) < 4.78 is 5.61. The predicted molar refractivity (Wildman–Crippen MR) is 48.6 cm³/mol. The largest absolute Gasteiger partial charge is 0.394 e. The number of hydrogen-bond donors (Lipinski definition) is 2. The number of nitrogens with one attached hydrogen (secondary N) is 1. The molecule has 0 aromatic rings. The fourth-order valence-corrected chi connectivity index (χ4v) is 1.82. The first-order chi connectivity index (χ1) is 6.42. The van der Waals surface area contributed by atoms with E-state index in [2.05, 4.69) is 5.43 Å². The zero-order valence-electron chi connectivity index (χ0n) is 7.65. The predicted octanol–water partition coefficient (Wildman–Crippen LogP) is 0.208. The van der Waals surface area contributed by atoms with Crippen molar-refractivity contribution in [2.75, 3.05) is 13.2 Å². The molecule has 0 radical (unpaired) electrons. The number of hydrazine groups is 1. The zero-order chi connectivity index (χ0) is 9.10. The van der Waals surface area contributed by atoms with E-state index in [0.717, 1.165) is 19.4 Å². The van der Waals surface area contributed by atoms with Gasteiger partial charge in [0.25, 0.3) is 0 Å². The maximum atomic E-state index is 9.08. The minimum Gasteiger partial charge on any atom is -0.394 e.